The van der Waals surface area contributed by atoms with Crippen molar-refractivity contribution in [1.82, 2.24) is 9.80 Å². The van der Waals surface area contributed by atoms with Gasteiger partial charge in [0.15, 0.2) is 0 Å². The van der Waals surface area contributed by atoms with Crippen LogP contribution in [0.4, 0.5) is 0 Å². The van der Waals surface area contributed by atoms with E-state index in [2.05, 4.69) is 16.8 Å². The molecule has 120 valence electrons. The summed E-state index contributed by atoms with van der Waals surface area (Å²) in [6.07, 6.45) is 7.50. The van der Waals surface area contributed by atoms with E-state index in [0.29, 0.717) is 12.0 Å². The summed E-state index contributed by atoms with van der Waals surface area (Å²) in [5, 5.41) is 9.49. The highest BCUT2D eigenvalue weighted by atomic mass is 16.4. The molecule has 0 aromatic carbocycles. The molecule has 0 spiro atoms. The summed E-state index contributed by atoms with van der Waals surface area (Å²) in [7, 11) is 2.28. The maximum absolute atomic E-state index is 11.5. The molecule has 0 saturated carbocycles. The fourth-order valence-corrected chi connectivity index (χ4v) is 4.78. The highest BCUT2D eigenvalue weighted by molar-refractivity contribution is 5.74. The number of rotatable bonds is 3. The summed E-state index contributed by atoms with van der Waals surface area (Å²) in [6.45, 7) is 5.96. The Hall–Kier alpha value is -0.610. The molecule has 21 heavy (non-hydrogen) atoms. The van der Waals surface area contributed by atoms with Gasteiger partial charge in [-0.15, -0.1) is 0 Å². The topological polar surface area (TPSA) is 43.8 Å². The summed E-state index contributed by atoms with van der Waals surface area (Å²) in [5.41, 5.74) is -0.594. The molecule has 2 bridgehead atoms. The Balaban J connectivity index is 1.66. The molecule has 4 heteroatoms. The minimum atomic E-state index is -0.641. The molecule has 1 N–H and O–H groups in total. The maximum Gasteiger partial charge on any atom is 0.309 e. The van der Waals surface area contributed by atoms with Crippen LogP contribution in [-0.4, -0.2) is 59.1 Å². The van der Waals surface area contributed by atoms with Crippen LogP contribution < -0.4 is 0 Å². The van der Waals surface area contributed by atoms with E-state index in [1.54, 1.807) is 0 Å². The molecule has 3 atom stereocenters. The van der Waals surface area contributed by atoms with Crippen LogP contribution >= 0.6 is 0 Å². The van der Waals surface area contributed by atoms with Crippen molar-refractivity contribution in [2.45, 2.75) is 70.5 Å². The van der Waals surface area contributed by atoms with E-state index in [4.69, 9.17) is 0 Å². The van der Waals surface area contributed by atoms with Crippen molar-refractivity contribution >= 4 is 5.97 Å². The first-order valence-electron chi connectivity index (χ1n) is 8.59. The first-order valence-corrected chi connectivity index (χ1v) is 8.59. The van der Waals surface area contributed by atoms with Crippen molar-refractivity contribution in [2.75, 3.05) is 20.1 Å². The van der Waals surface area contributed by atoms with Gasteiger partial charge in [0, 0.05) is 24.7 Å². The third-order valence-electron chi connectivity index (χ3n) is 6.61. The van der Waals surface area contributed by atoms with E-state index < -0.39 is 11.4 Å². The molecule has 3 heterocycles. The number of fused-ring (bicyclic) bond motifs is 2. The fraction of sp³-hybridized carbons (Fsp3) is 0.941. The number of aliphatic carboxylic acids is 1. The molecule has 3 saturated heterocycles. The van der Waals surface area contributed by atoms with Crippen molar-refractivity contribution in [1.29, 1.82) is 0 Å². The van der Waals surface area contributed by atoms with Crippen LogP contribution in [0, 0.1) is 11.3 Å². The van der Waals surface area contributed by atoms with Gasteiger partial charge in [0.25, 0.3) is 0 Å². The van der Waals surface area contributed by atoms with Gasteiger partial charge in [-0.2, -0.15) is 0 Å². The van der Waals surface area contributed by atoms with Gasteiger partial charge in [0.2, 0.25) is 0 Å². The lowest BCUT2D eigenvalue weighted by Crippen LogP contribution is -2.53. The number of carbonyl (C=O) groups is 1. The Bertz CT molecular complexity index is 396. The van der Waals surface area contributed by atoms with Gasteiger partial charge in [-0.25, -0.2) is 0 Å². The lowest BCUT2D eigenvalue weighted by molar-refractivity contribution is -0.151. The summed E-state index contributed by atoms with van der Waals surface area (Å²) < 4.78 is 0. The molecule has 3 aliphatic heterocycles. The smallest absolute Gasteiger partial charge is 0.309 e. The van der Waals surface area contributed by atoms with E-state index in [1.165, 1.54) is 32.2 Å². The zero-order chi connectivity index (χ0) is 15.2. The van der Waals surface area contributed by atoms with E-state index in [1.807, 2.05) is 13.8 Å². The predicted molar refractivity (Wildman–Crippen MR) is 83.3 cm³/mol. The molecular formula is C17H30N2O2. The van der Waals surface area contributed by atoms with Crippen LogP contribution in [0.2, 0.25) is 0 Å². The van der Waals surface area contributed by atoms with Gasteiger partial charge >= 0.3 is 5.97 Å². The minimum Gasteiger partial charge on any atom is -0.481 e. The number of nitrogens with zero attached hydrogens (tertiary/aromatic N) is 2. The van der Waals surface area contributed by atoms with Crippen molar-refractivity contribution in [3.63, 3.8) is 0 Å². The van der Waals surface area contributed by atoms with Crippen LogP contribution in [0.15, 0.2) is 0 Å². The molecule has 0 aliphatic carbocycles. The summed E-state index contributed by atoms with van der Waals surface area (Å²) >= 11 is 0. The second-order valence-electron chi connectivity index (χ2n) is 8.04. The molecule has 3 fully saturated rings. The molecule has 3 aliphatic rings. The molecular weight excluding hydrogens is 264 g/mol. The summed E-state index contributed by atoms with van der Waals surface area (Å²) in [5.74, 6) is -0.348. The highest BCUT2D eigenvalue weighted by Crippen LogP contribution is 2.40. The molecule has 0 aromatic rings. The highest BCUT2D eigenvalue weighted by Gasteiger charge is 2.44. The maximum atomic E-state index is 11.5. The molecule has 3 rings (SSSR count). The fourth-order valence-electron chi connectivity index (χ4n) is 4.78. The average Bonchev–Trinajstić information content (AvgIpc) is 2.68. The van der Waals surface area contributed by atoms with Crippen molar-refractivity contribution in [3.05, 3.63) is 0 Å². The SMILES string of the molecule is CN1C2CCC1CC(N1CCCC(C(C)(C)C(=O)O)C1)C2. The third-order valence-corrected chi connectivity index (χ3v) is 6.61. The number of carboxylic acids is 1. The van der Waals surface area contributed by atoms with E-state index >= 15 is 0 Å². The number of hydrogen-bond acceptors (Lipinski definition) is 3. The number of likely N-dealkylation sites (tertiary alicyclic amines) is 1. The summed E-state index contributed by atoms with van der Waals surface area (Å²) in [6, 6.07) is 2.22. The lowest BCUT2D eigenvalue weighted by Gasteiger charge is -2.46. The van der Waals surface area contributed by atoms with Gasteiger partial charge in [0.05, 0.1) is 5.41 Å². The van der Waals surface area contributed by atoms with Crippen molar-refractivity contribution in [2.24, 2.45) is 11.3 Å². The molecule has 0 aromatic heterocycles. The van der Waals surface area contributed by atoms with Crippen LogP contribution in [0.1, 0.15) is 52.4 Å². The first-order chi connectivity index (χ1) is 9.89. The van der Waals surface area contributed by atoms with Crippen LogP contribution in [0.25, 0.3) is 0 Å². The molecule has 3 unspecified atom stereocenters. The summed E-state index contributed by atoms with van der Waals surface area (Å²) in [4.78, 5) is 16.7. The van der Waals surface area contributed by atoms with Crippen LogP contribution in [0.3, 0.4) is 0 Å². The normalized spacial score (nSPS) is 38.6. The largest absolute Gasteiger partial charge is 0.481 e. The van der Waals surface area contributed by atoms with Gasteiger partial charge < -0.3 is 10.0 Å². The van der Waals surface area contributed by atoms with Crippen LogP contribution in [-0.2, 0) is 4.79 Å². The van der Waals surface area contributed by atoms with Crippen molar-refractivity contribution in [3.8, 4) is 0 Å². The quantitative estimate of drug-likeness (QED) is 0.868. The van der Waals surface area contributed by atoms with E-state index in [0.717, 1.165) is 31.5 Å². The lowest BCUT2D eigenvalue weighted by atomic mass is 9.74. The van der Waals surface area contributed by atoms with E-state index in [9.17, 15) is 9.90 Å². The standard InChI is InChI=1S/C17H30N2O2/c1-17(2,16(20)21)12-5-4-8-19(11-12)15-9-13-6-7-14(10-15)18(13)3/h12-15H,4-11H2,1-3H3,(H,20,21). The Morgan fingerprint density at radius 2 is 1.71 bits per heavy atom. The number of carboxylic acid groups (broad SMARTS) is 1. The Morgan fingerprint density at radius 1 is 1.10 bits per heavy atom. The Labute approximate surface area is 128 Å². The average molecular weight is 294 g/mol. The first kappa shape index (κ1) is 15.3. The van der Waals surface area contributed by atoms with Crippen molar-refractivity contribution < 1.29 is 9.90 Å². The van der Waals surface area contributed by atoms with E-state index in [-0.39, 0.29) is 0 Å². The Morgan fingerprint density at radius 3 is 2.29 bits per heavy atom. The van der Waals surface area contributed by atoms with Gasteiger partial charge in [0.1, 0.15) is 0 Å². The van der Waals surface area contributed by atoms with Gasteiger partial charge in [-0.05, 0) is 71.9 Å². The predicted octanol–water partition coefficient (Wildman–Crippen LogP) is 2.43. The van der Waals surface area contributed by atoms with Gasteiger partial charge in [-0.3, -0.25) is 9.69 Å². The third kappa shape index (κ3) is 2.72. The molecule has 0 amide bonds. The number of hydrogen-bond donors (Lipinski definition) is 1. The Kier molecular flexibility index (Phi) is 4.04. The second-order valence-corrected chi connectivity index (χ2v) is 8.04. The molecule has 4 nitrogen and oxygen atoms in total. The van der Waals surface area contributed by atoms with Gasteiger partial charge in [-0.1, -0.05) is 0 Å². The van der Waals surface area contributed by atoms with Crippen LogP contribution in [0.5, 0.6) is 0 Å². The monoisotopic (exact) mass is 294 g/mol. The minimum absolute atomic E-state index is 0.293. The zero-order valence-corrected chi connectivity index (χ0v) is 13.7. The molecule has 0 radical (unpaired) electrons. The second kappa shape index (κ2) is 5.54. The number of piperidine rings is 2. The zero-order valence-electron chi connectivity index (χ0n) is 13.7.